The van der Waals surface area contributed by atoms with Crippen LogP contribution in [0.1, 0.15) is 27.7 Å². The van der Waals surface area contributed by atoms with Crippen molar-refractivity contribution in [3.63, 3.8) is 0 Å². The Kier molecular flexibility index (Phi) is 3.93. The van der Waals surface area contributed by atoms with Gasteiger partial charge >= 0.3 is 0 Å². The summed E-state index contributed by atoms with van der Waals surface area (Å²) in [6.07, 6.45) is 0. The van der Waals surface area contributed by atoms with Crippen molar-refractivity contribution in [3.05, 3.63) is 91.0 Å². The number of amides is 1. The van der Waals surface area contributed by atoms with Crippen LogP contribution in [-0.2, 0) is 0 Å². The van der Waals surface area contributed by atoms with Crippen molar-refractivity contribution < 1.29 is 18.5 Å². The molecule has 0 saturated carbocycles. The third-order valence-electron chi connectivity index (χ3n) is 4.78. The van der Waals surface area contributed by atoms with E-state index in [-0.39, 0.29) is 33.1 Å². The molecule has 30 heavy (non-hydrogen) atoms. The van der Waals surface area contributed by atoms with Crippen molar-refractivity contribution in [2.75, 3.05) is 4.90 Å². The number of benzene rings is 2. The average molecular weight is 424 g/mol. The molecule has 0 saturated heterocycles. The fourth-order valence-electron chi connectivity index (χ4n) is 3.54. The quantitative estimate of drug-likeness (QED) is 0.365. The van der Waals surface area contributed by atoms with Crippen molar-refractivity contribution in [1.29, 1.82) is 0 Å². The molecule has 2 aromatic heterocycles. The Labute approximate surface area is 170 Å². The highest BCUT2D eigenvalue weighted by Crippen LogP contribution is 2.42. The summed E-state index contributed by atoms with van der Waals surface area (Å²) >= 11 is 1.06. The zero-order chi connectivity index (χ0) is 21.0. The van der Waals surface area contributed by atoms with Crippen molar-refractivity contribution in [2.24, 2.45) is 0 Å². The molecule has 0 bridgehead atoms. The summed E-state index contributed by atoms with van der Waals surface area (Å²) in [4.78, 5) is 38.3. The molecule has 0 N–H and O–H groups in total. The van der Waals surface area contributed by atoms with E-state index in [1.165, 1.54) is 34.7 Å². The number of rotatable bonds is 3. The predicted molar refractivity (Wildman–Crippen MR) is 104 cm³/mol. The Hall–Kier alpha value is -3.99. The normalized spacial score (nSPS) is 15.6. The SMILES string of the molecule is O=C1c2oc3ccc(F)cc3c(=O)c2C(c2cccc([N+](=O)[O-])c2)N1c1nncs1. The number of carbonyl (C=O) groups is 1. The second-order valence-electron chi connectivity index (χ2n) is 6.47. The molecule has 1 amide bonds. The number of anilines is 1. The summed E-state index contributed by atoms with van der Waals surface area (Å²) in [5.41, 5.74) is 0.954. The van der Waals surface area contributed by atoms with E-state index < -0.39 is 28.1 Å². The van der Waals surface area contributed by atoms with Gasteiger partial charge in [-0.15, -0.1) is 10.2 Å². The maximum absolute atomic E-state index is 13.8. The summed E-state index contributed by atoms with van der Waals surface area (Å²) in [7, 11) is 0. The minimum atomic E-state index is -1.04. The molecule has 4 aromatic rings. The summed E-state index contributed by atoms with van der Waals surface area (Å²) < 4.78 is 19.4. The van der Waals surface area contributed by atoms with Gasteiger partial charge in [0.25, 0.3) is 11.6 Å². The molecular weight excluding hydrogens is 415 g/mol. The lowest BCUT2D eigenvalue weighted by molar-refractivity contribution is -0.384. The summed E-state index contributed by atoms with van der Waals surface area (Å²) in [5, 5.41) is 19.1. The van der Waals surface area contributed by atoms with Crippen LogP contribution in [0.5, 0.6) is 0 Å². The van der Waals surface area contributed by atoms with Gasteiger partial charge in [-0.3, -0.25) is 24.6 Å². The minimum Gasteiger partial charge on any atom is -0.450 e. The number of fused-ring (bicyclic) bond motifs is 2. The highest BCUT2D eigenvalue weighted by molar-refractivity contribution is 7.13. The number of non-ortho nitro benzene ring substituents is 1. The number of halogens is 1. The standard InChI is InChI=1S/C19H9FN4O5S/c20-10-4-5-13-12(7-10)16(25)14-15(9-2-1-3-11(6-9)24(27)28)23(18(26)17(14)29-13)19-22-21-8-30-19/h1-8,15H. The number of hydrogen-bond acceptors (Lipinski definition) is 8. The number of nitro groups is 1. The Morgan fingerprint density at radius 3 is 2.77 bits per heavy atom. The van der Waals surface area contributed by atoms with Gasteiger partial charge in [-0.2, -0.15) is 0 Å². The number of hydrogen-bond donors (Lipinski definition) is 0. The lowest BCUT2D eigenvalue weighted by atomic mass is 9.98. The fourth-order valence-corrected chi connectivity index (χ4v) is 4.12. The van der Waals surface area contributed by atoms with Gasteiger partial charge in [0.05, 0.1) is 21.9 Å². The summed E-state index contributed by atoms with van der Waals surface area (Å²) in [5.74, 6) is -1.49. The van der Waals surface area contributed by atoms with Gasteiger partial charge in [-0.05, 0) is 23.8 Å². The molecule has 0 fully saturated rings. The Bertz CT molecular complexity index is 1400. The smallest absolute Gasteiger partial charge is 0.297 e. The third kappa shape index (κ3) is 2.59. The second-order valence-corrected chi connectivity index (χ2v) is 7.28. The third-order valence-corrected chi connectivity index (χ3v) is 5.47. The molecule has 5 rings (SSSR count). The predicted octanol–water partition coefficient (Wildman–Crippen LogP) is 3.44. The number of aromatic nitrogens is 2. The van der Waals surface area contributed by atoms with Crippen molar-refractivity contribution in [1.82, 2.24) is 10.2 Å². The van der Waals surface area contributed by atoms with Crippen molar-refractivity contribution in [3.8, 4) is 0 Å². The number of nitro benzene ring substituents is 1. The molecule has 1 atom stereocenters. The van der Waals surface area contributed by atoms with Gasteiger partial charge in [-0.1, -0.05) is 23.5 Å². The molecular formula is C19H9FN4O5S. The fraction of sp³-hybridized carbons (Fsp3) is 0.0526. The minimum absolute atomic E-state index is 0.0314. The molecule has 0 radical (unpaired) electrons. The van der Waals surface area contributed by atoms with Crippen LogP contribution in [-0.4, -0.2) is 21.0 Å². The second kappa shape index (κ2) is 6.52. The van der Waals surface area contributed by atoms with E-state index in [0.29, 0.717) is 5.56 Å². The van der Waals surface area contributed by atoms with Crippen molar-refractivity contribution >= 4 is 39.0 Å². The van der Waals surface area contributed by atoms with E-state index >= 15 is 0 Å². The molecule has 0 aliphatic carbocycles. The van der Waals surface area contributed by atoms with E-state index in [1.807, 2.05) is 0 Å². The van der Waals surface area contributed by atoms with E-state index in [4.69, 9.17) is 4.42 Å². The van der Waals surface area contributed by atoms with Gasteiger partial charge in [0.15, 0.2) is 5.43 Å². The first-order valence-electron chi connectivity index (χ1n) is 8.56. The number of carbonyl (C=O) groups excluding carboxylic acids is 1. The van der Waals surface area contributed by atoms with Crippen LogP contribution in [0.25, 0.3) is 11.0 Å². The van der Waals surface area contributed by atoms with Gasteiger partial charge in [0.2, 0.25) is 10.9 Å². The van der Waals surface area contributed by atoms with Crippen molar-refractivity contribution in [2.45, 2.75) is 6.04 Å². The van der Waals surface area contributed by atoms with Crippen LogP contribution in [0.2, 0.25) is 0 Å². The Morgan fingerprint density at radius 1 is 1.20 bits per heavy atom. The zero-order valence-corrected chi connectivity index (χ0v) is 15.6. The largest absolute Gasteiger partial charge is 0.450 e. The van der Waals surface area contributed by atoms with E-state index in [9.17, 15) is 24.1 Å². The molecule has 9 nitrogen and oxygen atoms in total. The molecule has 2 aromatic carbocycles. The van der Waals surface area contributed by atoms with Gasteiger partial charge < -0.3 is 4.42 Å². The van der Waals surface area contributed by atoms with Crippen LogP contribution in [0.4, 0.5) is 15.2 Å². The van der Waals surface area contributed by atoms with Gasteiger partial charge in [0, 0.05) is 12.1 Å². The lowest BCUT2D eigenvalue weighted by Crippen LogP contribution is -2.29. The average Bonchev–Trinajstić information content (AvgIpc) is 3.35. The van der Waals surface area contributed by atoms with E-state index in [2.05, 4.69) is 10.2 Å². The first-order chi connectivity index (χ1) is 14.5. The van der Waals surface area contributed by atoms with E-state index in [1.54, 1.807) is 6.07 Å². The molecule has 3 heterocycles. The molecule has 1 aliphatic heterocycles. The maximum Gasteiger partial charge on any atom is 0.297 e. The summed E-state index contributed by atoms with van der Waals surface area (Å²) in [6.45, 7) is 0. The van der Waals surface area contributed by atoms with Gasteiger partial charge in [0.1, 0.15) is 16.9 Å². The molecule has 1 aliphatic rings. The molecule has 11 heteroatoms. The Balaban J connectivity index is 1.83. The van der Waals surface area contributed by atoms with Gasteiger partial charge in [-0.25, -0.2) is 4.39 Å². The Morgan fingerprint density at radius 2 is 2.03 bits per heavy atom. The molecule has 148 valence electrons. The molecule has 1 unspecified atom stereocenters. The van der Waals surface area contributed by atoms with Crippen LogP contribution in [0, 0.1) is 15.9 Å². The number of nitrogens with zero attached hydrogens (tertiary/aromatic N) is 4. The highest BCUT2D eigenvalue weighted by Gasteiger charge is 2.45. The van der Waals surface area contributed by atoms with Crippen LogP contribution < -0.4 is 10.3 Å². The maximum atomic E-state index is 13.8. The lowest BCUT2D eigenvalue weighted by Gasteiger charge is -2.21. The summed E-state index contributed by atoms with van der Waals surface area (Å²) in [6, 6.07) is 7.98. The first-order valence-corrected chi connectivity index (χ1v) is 9.44. The topological polar surface area (TPSA) is 119 Å². The molecule has 0 spiro atoms. The van der Waals surface area contributed by atoms with E-state index in [0.717, 1.165) is 23.5 Å². The van der Waals surface area contributed by atoms with Crippen LogP contribution >= 0.6 is 11.3 Å². The van der Waals surface area contributed by atoms with Crippen LogP contribution in [0.15, 0.2) is 57.2 Å². The first kappa shape index (κ1) is 18.1. The monoisotopic (exact) mass is 424 g/mol. The highest BCUT2D eigenvalue weighted by atomic mass is 32.1. The van der Waals surface area contributed by atoms with Crippen LogP contribution in [0.3, 0.4) is 0 Å². The zero-order valence-electron chi connectivity index (χ0n) is 14.8.